The minimum absolute atomic E-state index is 0.114. The fourth-order valence-corrected chi connectivity index (χ4v) is 2.26. The van der Waals surface area contributed by atoms with E-state index in [2.05, 4.69) is 13.8 Å². The Hall–Kier alpha value is -0.0800. The Morgan fingerprint density at radius 2 is 1.93 bits per heavy atom. The molecule has 0 radical (unpaired) electrons. The zero-order valence-corrected chi connectivity index (χ0v) is 9.59. The molecule has 0 aliphatic carbocycles. The predicted molar refractivity (Wildman–Crippen MR) is 58.3 cm³/mol. The van der Waals surface area contributed by atoms with Crippen molar-refractivity contribution in [3.05, 3.63) is 0 Å². The van der Waals surface area contributed by atoms with E-state index in [0.717, 1.165) is 38.9 Å². The van der Waals surface area contributed by atoms with Gasteiger partial charge in [0.2, 0.25) is 0 Å². The molecule has 1 aliphatic rings. The van der Waals surface area contributed by atoms with Crippen LogP contribution in [-0.4, -0.2) is 24.4 Å². The number of hydrogen-bond donors (Lipinski definition) is 1. The molecule has 14 heavy (non-hydrogen) atoms. The Morgan fingerprint density at radius 1 is 1.21 bits per heavy atom. The zero-order valence-electron chi connectivity index (χ0n) is 9.59. The average Bonchev–Trinajstić information content (AvgIpc) is 2.11. The molecule has 1 heterocycles. The van der Waals surface area contributed by atoms with Gasteiger partial charge in [0.15, 0.2) is 0 Å². The summed E-state index contributed by atoms with van der Waals surface area (Å²) in [5.41, 5.74) is 0.114. The van der Waals surface area contributed by atoms with E-state index in [9.17, 15) is 5.11 Å². The maximum Gasteiger partial charge on any atom is 0.0640 e. The van der Waals surface area contributed by atoms with Crippen molar-refractivity contribution in [1.29, 1.82) is 0 Å². The van der Waals surface area contributed by atoms with Crippen LogP contribution in [0.2, 0.25) is 0 Å². The van der Waals surface area contributed by atoms with Gasteiger partial charge in [-0.25, -0.2) is 0 Å². The number of rotatable bonds is 7. The standard InChI is InChI=1S/C12H24O2/c1-3-5-6-7-11(13)12(8-4-2)9-14-10-12/h11,13H,3-10H2,1-2H3. The molecule has 0 aromatic heterocycles. The first-order chi connectivity index (χ1) is 6.75. The second-order valence-electron chi connectivity index (χ2n) is 4.62. The Bertz CT molecular complexity index is 152. The number of hydrogen-bond acceptors (Lipinski definition) is 2. The summed E-state index contributed by atoms with van der Waals surface area (Å²) in [4.78, 5) is 0. The topological polar surface area (TPSA) is 29.5 Å². The van der Waals surface area contributed by atoms with Gasteiger partial charge in [0.05, 0.1) is 19.3 Å². The minimum Gasteiger partial charge on any atom is -0.392 e. The lowest BCUT2D eigenvalue weighted by molar-refractivity contribution is -0.177. The van der Waals surface area contributed by atoms with Crippen LogP contribution in [0.4, 0.5) is 0 Å². The van der Waals surface area contributed by atoms with Gasteiger partial charge in [0.25, 0.3) is 0 Å². The normalized spacial score (nSPS) is 21.6. The molecule has 0 aromatic carbocycles. The Balaban J connectivity index is 2.28. The van der Waals surface area contributed by atoms with Gasteiger partial charge in [-0.1, -0.05) is 39.5 Å². The molecular weight excluding hydrogens is 176 g/mol. The van der Waals surface area contributed by atoms with E-state index in [1.165, 1.54) is 12.8 Å². The molecule has 1 fully saturated rings. The van der Waals surface area contributed by atoms with Crippen molar-refractivity contribution >= 4 is 0 Å². The highest BCUT2D eigenvalue weighted by molar-refractivity contribution is 4.91. The lowest BCUT2D eigenvalue weighted by atomic mass is 9.74. The fraction of sp³-hybridized carbons (Fsp3) is 1.00. The lowest BCUT2D eigenvalue weighted by Gasteiger charge is -2.45. The second kappa shape index (κ2) is 5.72. The molecule has 1 unspecified atom stereocenters. The van der Waals surface area contributed by atoms with Gasteiger partial charge in [0, 0.05) is 5.41 Å². The Kier molecular flexibility index (Phi) is 4.90. The van der Waals surface area contributed by atoms with Gasteiger partial charge in [-0.3, -0.25) is 0 Å². The molecule has 1 atom stereocenters. The highest BCUT2D eigenvalue weighted by Crippen LogP contribution is 2.38. The van der Waals surface area contributed by atoms with E-state index in [4.69, 9.17) is 4.74 Å². The molecule has 1 aliphatic heterocycles. The Labute approximate surface area is 87.7 Å². The highest BCUT2D eigenvalue weighted by atomic mass is 16.5. The number of unbranched alkanes of at least 4 members (excludes halogenated alkanes) is 2. The first-order valence-electron chi connectivity index (χ1n) is 6.01. The van der Waals surface area contributed by atoms with Crippen molar-refractivity contribution in [2.45, 2.75) is 58.5 Å². The van der Waals surface area contributed by atoms with Crippen LogP contribution in [0.1, 0.15) is 52.4 Å². The molecule has 1 saturated heterocycles. The van der Waals surface area contributed by atoms with Gasteiger partial charge in [-0.2, -0.15) is 0 Å². The van der Waals surface area contributed by atoms with E-state index in [-0.39, 0.29) is 11.5 Å². The van der Waals surface area contributed by atoms with Crippen LogP contribution < -0.4 is 0 Å². The lowest BCUT2D eigenvalue weighted by Crippen LogP contribution is -2.51. The summed E-state index contributed by atoms with van der Waals surface area (Å²) in [5.74, 6) is 0. The number of ether oxygens (including phenoxy) is 1. The Morgan fingerprint density at radius 3 is 2.36 bits per heavy atom. The van der Waals surface area contributed by atoms with E-state index in [1.54, 1.807) is 0 Å². The van der Waals surface area contributed by atoms with E-state index in [1.807, 2.05) is 0 Å². The summed E-state index contributed by atoms with van der Waals surface area (Å²) in [5, 5.41) is 10.1. The average molecular weight is 200 g/mol. The summed E-state index contributed by atoms with van der Waals surface area (Å²) in [7, 11) is 0. The molecule has 1 rings (SSSR count). The van der Waals surface area contributed by atoms with Gasteiger partial charge < -0.3 is 9.84 Å². The highest BCUT2D eigenvalue weighted by Gasteiger charge is 2.43. The number of aliphatic hydroxyl groups excluding tert-OH is 1. The van der Waals surface area contributed by atoms with E-state index < -0.39 is 0 Å². The van der Waals surface area contributed by atoms with Crippen LogP contribution in [0.25, 0.3) is 0 Å². The van der Waals surface area contributed by atoms with Crippen molar-refractivity contribution in [2.75, 3.05) is 13.2 Å². The third-order valence-corrected chi connectivity index (χ3v) is 3.31. The minimum atomic E-state index is -0.136. The summed E-state index contributed by atoms with van der Waals surface area (Å²) >= 11 is 0. The molecule has 2 heteroatoms. The molecule has 0 bridgehead atoms. The van der Waals surface area contributed by atoms with Crippen LogP contribution in [0.15, 0.2) is 0 Å². The third kappa shape index (κ3) is 2.71. The maximum atomic E-state index is 10.1. The van der Waals surface area contributed by atoms with Crippen molar-refractivity contribution in [3.63, 3.8) is 0 Å². The smallest absolute Gasteiger partial charge is 0.0640 e. The number of aliphatic hydroxyl groups is 1. The van der Waals surface area contributed by atoms with Crippen LogP contribution in [0.3, 0.4) is 0 Å². The molecular formula is C12H24O2. The predicted octanol–water partition coefficient (Wildman–Crippen LogP) is 2.74. The van der Waals surface area contributed by atoms with E-state index >= 15 is 0 Å². The van der Waals surface area contributed by atoms with Gasteiger partial charge >= 0.3 is 0 Å². The van der Waals surface area contributed by atoms with Crippen LogP contribution >= 0.6 is 0 Å². The SMILES string of the molecule is CCCCCC(O)C1(CCC)COC1. The zero-order chi connectivity index (χ0) is 10.4. The fourth-order valence-electron chi connectivity index (χ4n) is 2.26. The van der Waals surface area contributed by atoms with Crippen LogP contribution in [-0.2, 0) is 4.74 Å². The largest absolute Gasteiger partial charge is 0.392 e. The van der Waals surface area contributed by atoms with Crippen molar-refractivity contribution in [1.82, 2.24) is 0 Å². The van der Waals surface area contributed by atoms with E-state index in [0.29, 0.717) is 0 Å². The van der Waals surface area contributed by atoms with Gasteiger partial charge in [-0.05, 0) is 12.8 Å². The summed E-state index contributed by atoms with van der Waals surface area (Å²) in [6.07, 6.45) is 6.70. The van der Waals surface area contributed by atoms with Crippen LogP contribution in [0, 0.1) is 5.41 Å². The van der Waals surface area contributed by atoms with Gasteiger partial charge in [0.1, 0.15) is 0 Å². The summed E-state index contributed by atoms with van der Waals surface area (Å²) in [6, 6.07) is 0. The van der Waals surface area contributed by atoms with Crippen molar-refractivity contribution < 1.29 is 9.84 Å². The molecule has 2 nitrogen and oxygen atoms in total. The third-order valence-electron chi connectivity index (χ3n) is 3.31. The molecule has 0 amide bonds. The molecule has 84 valence electrons. The summed E-state index contributed by atoms with van der Waals surface area (Å²) < 4.78 is 5.26. The van der Waals surface area contributed by atoms with Crippen molar-refractivity contribution in [2.24, 2.45) is 5.41 Å². The molecule has 1 N–H and O–H groups in total. The van der Waals surface area contributed by atoms with Crippen LogP contribution in [0.5, 0.6) is 0 Å². The molecule has 0 spiro atoms. The van der Waals surface area contributed by atoms with Crippen molar-refractivity contribution in [3.8, 4) is 0 Å². The first-order valence-corrected chi connectivity index (χ1v) is 6.01. The molecule has 0 aromatic rings. The quantitative estimate of drug-likeness (QED) is 0.640. The maximum absolute atomic E-state index is 10.1. The molecule has 0 saturated carbocycles. The second-order valence-corrected chi connectivity index (χ2v) is 4.62. The monoisotopic (exact) mass is 200 g/mol. The summed E-state index contributed by atoms with van der Waals surface area (Å²) in [6.45, 7) is 5.92. The van der Waals surface area contributed by atoms with Gasteiger partial charge in [-0.15, -0.1) is 0 Å². The first kappa shape index (κ1) is 12.0.